The predicted octanol–water partition coefficient (Wildman–Crippen LogP) is 10.1. The molecule has 0 aromatic heterocycles. The van der Waals surface area contributed by atoms with E-state index in [1.807, 2.05) is 12.2 Å². The fraction of sp³-hybridized carbons (Fsp3) is 0.153. The summed E-state index contributed by atoms with van der Waals surface area (Å²) in [7, 11) is 0. The quantitative estimate of drug-likeness (QED) is 0.122. The summed E-state index contributed by atoms with van der Waals surface area (Å²) in [6, 6.07) is 64.4. The van der Waals surface area contributed by atoms with E-state index in [1.54, 1.807) is 0 Å². The first kappa shape index (κ1) is 46.5. The Hall–Kier alpha value is -5.05. The van der Waals surface area contributed by atoms with Crippen molar-refractivity contribution in [3.63, 3.8) is 0 Å². The minimum absolute atomic E-state index is 0. The van der Waals surface area contributed by atoms with Crippen LogP contribution in [0.4, 0.5) is 0 Å². The topological polar surface area (TPSA) is 0 Å². The van der Waals surface area contributed by atoms with Crippen molar-refractivity contribution in [3.05, 3.63) is 222 Å². The van der Waals surface area contributed by atoms with Crippen molar-refractivity contribution in [2.45, 2.75) is 58.8 Å². The molecule has 0 spiro atoms. The van der Waals surface area contributed by atoms with E-state index in [0.717, 1.165) is 30.3 Å². The molecule has 0 atom stereocenters. The van der Waals surface area contributed by atoms with Crippen LogP contribution in [0.1, 0.15) is 70.2 Å². The summed E-state index contributed by atoms with van der Waals surface area (Å²) in [5.74, 6) is 0. The molecule has 0 nitrogen and oxygen atoms in total. The summed E-state index contributed by atoms with van der Waals surface area (Å²) in [6.07, 6.45) is 10.0. The summed E-state index contributed by atoms with van der Waals surface area (Å²) in [6.45, 7) is 13.9. The number of allylic oxidation sites excluding steroid dienone is 4. The van der Waals surface area contributed by atoms with Gasteiger partial charge < -0.3 is 24.8 Å². The second-order valence-electron chi connectivity index (χ2n) is 17.8. The van der Waals surface area contributed by atoms with E-state index in [2.05, 4.69) is 230 Å². The molecule has 0 bridgehead atoms. The molecule has 0 fully saturated rings. The number of halogens is 2. The van der Waals surface area contributed by atoms with E-state index < -0.39 is 0 Å². The molecule has 3 heteroatoms. The van der Waals surface area contributed by atoms with Crippen molar-refractivity contribution in [3.8, 4) is 22.3 Å². The van der Waals surface area contributed by atoms with E-state index in [4.69, 9.17) is 0 Å². The van der Waals surface area contributed by atoms with Gasteiger partial charge in [-0.2, -0.15) is 6.08 Å². The number of benzene rings is 8. The number of hydrogen-bond donors (Lipinski definition) is 0. The van der Waals surface area contributed by atoms with E-state index in [1.165, 1.54) is 90.9 Å². The van der Waals surface area contributed by atoms with E-state index in [9.17, 15) is 0 Å². The average Bonchev–Trinajstić information content (AvgIpc) is 3.97. The maximum absolute atomic E-state index is 2.99. The van der Waals surface area contributed by atoms with Crippen LogP contribution in [0.2, 0.25) is 0 Å². The van der Waals surface area contributed by atoms with Gasteiger partial charge in [0.2, 0.25) is 0 Å². The van der Waals surface area contributed by atoms with Crippen LogP contribution in [0.3, 0.4) is 0 Å². The first-order valence-electron chi connectivity index (χ1n) is 21.1. The van der Waals surface area contributed by atoms with E-state index in [0.29, 0.717) is 0 Å². The van der Waals surface area contributed by atoms with E-state index >= 15 is 0 Å². The Labute approximate surface area is 395 Å². The molecule has 10 rings (SSSR count). The van der Waals surface area contributed by atoms with Gasteiger partial charge in [0.25, 0.3) is 0 Å². The molecule has 0 heterocycles. The van der Waals surface area contributed by atoms with Crippen molar-refractivity contribution in [1.29, 1.82) is 0 Å². The van der Waals surface area contributed by atoms with Gasteiger partial charge in [0.15, 0.2) is 0 Å². The number of fused-ring (bicyclic) bond motifs is 5. The third-order valence-corrected chi connectivity index (χ3v) is 13.5. The predicted molar refractivity (Wildman–Crippen MR) is 258 cm³/mol. The Kier molecular flexibility index (Phi) is 15.0. The molecule has 9 aromatic carbocycles. The van der Waals surface area contributed by atoms with Crippen LogP contribution in [0.5, 0.6) is 0 Å². The Morgan fingerprint density at radius 3 is 1.24 bits per heavy atom. The average molecular weight is 1010 g/mol. The summed E-state index contributed by atoms with van der Waals surface area (Å²) in [4.78, 5) is 0. The van der Waals surface area contributed by atoms with Crippen LogP contribution in [0.15, 0.2) is 194 Å². The summed E-state index contributed by atoms with van der Waals surface area (Å²) >= 11 is 1.03. The van der Waals surface area contributed by atoms with Crippen LogP contribution >= 0.6 is 0 Å². The Bertz CT molecular complexity index is 2820. The second kappa shape index (κ2) is 20.0. The monoisotopic (exact) mass is 1010 g/mol. The molecule has 62 heavy (non-hydrogen) atoms. The molecule has 1 aliphatic carbocycles. The fourth-order valence-corrected chi connectivity index (χ4v) is 9.37. The normalized spacial score (nSPS) is 12.0. The molecule has 0 saturated carbocycles. The Morgan fingerprint density at radius 2 is 0.887 bits per heavy atom. The van der Waals surface area contributed by atoms with Crippen LogP contribution in [-0.4, -0.2) is 3.26 Å². The summed E-state index contributed by atoms with van der Waals surface area (Å²) in [5, 5.41) is 10.6. The Balaban J connectivity index is 0.000000190. The second-order valence-corrected chi connectivity index (χ2v) is 19.6. The van der Waals surface area contributed by atoms with Gasteiger partial charge in [-0.15, -0.1) is 46.2 Å². The third kappa shape index (κ3) is 10.4. The van der Waals surface area contributed by atoms with Crippen molar-refractivity contribution in [2.24, 2.45) is 0 Å². The summed E-state index contributed by atoms with van der Waals surface area (Å²) < 4.78 is 1.46. The molecule has 0 saturated heterocycles. The Morgan fingerprint density at radius 1 is 0.484 bits per heavy atom. The molecule has 308 valence electrons. The molecule has 1 aliphatic rings. The van der Waals surface area contributed by atoms with Gasteiger partial charge in [0.1, 0.15) is 0 Å². The van der Waals surface area contributed by atoms with Crippen LogP contribution in [0, 0.1) is 6.08 Å². The van der Waals surface area contributed by atoms with Gasteiger partial charge in [-0.1, -0.05) is 114 Å². The van der Waals surface area contributed by atoms with Crippen LogP contribution in [0.25, 0.3) is 65.3 Å². The van der Waals surface area contributed by atoms with Gasteiger partial charge in [-0.05, 0) is 44.2 Å². The van der Waals surface area contributed by atoms with Crippen LogP contribution in [-0.2, 0) is 34.7 Å². The SMILES string of the molecule is CC(C)(C)c1cc2c(cc1-c1ccccc1)[cH-]c1cc(-c3ccccc3)c(C(C)(C)C)cc12.[C-]1=CC=CC1.[Cl-].[Cl-].[Hf+2]=[C](c1ccc2ccccc2c1)c1ccc2ccccc2c1. The minimum atomic E-state index is 0. The molecular formula is C59H52Cl2Hf-2. The van der Waals surface area contributed by atoms with Crippen molar-refractivity contribution in [2.75, 3.05) is 0 Å². The van der Waals surface area contributed by atoms with Gasteiger partial charge >= 0.3 is 145 Å². The van der Waals surface area contributed by atoms with Gasteiger partial charge in [-0.25, -0.2) is 12.2 Å². The van der Waals surface area contributed by atoms with Gasteiger partial charge in [0, 0.05) is 0 Å². The first-order valence-corrected chi connectivity index (χ1v) is 22.9. The van der Waals surface area contributed by atoms with Crippen LogP contribution < -0.4 is 24.8 Å². The first-order chi connectivity index (χ1) is 28.9. The number of hydrogen-bond acceptors (Lipinski definition) is 0. The van der Waals surface area contributed by atoms with Gasteiger partial charge in [0.05, 0.1) is 0 Å². The molecule has 0 amide bonds. The zero-order chi connectivity index (χ0) is 41.9. The maximum atomic E-state index is 2.99. The molecule has 9 aromatic rings. The molecule has 0 radical (unpaired) electrons. The summed E-state index contributed by atoms with van der Waals surface area (Å²) in [5.41, 5.74) is 10.9. The molecule has 0 aliphatic heterocycles. The van der Waals surface area contributed by atoms with Crippen molar-refractivity contribution in [1.82, 2.24) is 0 Å². The molecular weight excluding hydrogens is 958 g/mol. The van der Waals surface area contributed by atoms with Gasteiger partial charge in [-0.3, -0.25) is 6.08 Å². The fourth-order valence-electron chi connectivity index (χ4n) is 8.26. The molecule has 0 unspecified atom stereocenters. The number of rotatable bonds is 4. The van der Waals surface area contributed by atoms with Crippen molar-refractivity contribution < 1.29 is 48.7 Å². The standard InChI is InChI=1S/C33H33.C21H14.C5H5.2ClH.Hf/c1-32(2,3)30-20-26-24(18-28(30)22-13-9-7-10-14-22)17-25-19-29(23-15-11-8-12-16-23)31(21-27(25)26)33(4,5)6;1-3-7-20-14-16(9-11-18(20)5-1)13-17-10-12-19-6-2-4-8-21(19)15-17;1-2-4-5-3-1;;;/h7-21H,1-6H3;1-12,14-15H;1-3H,4H2;2*1H;/q-1;;-1;;;+2/p-2. The third-order valence-electron chi connectivity index (χ3n) is 11.4. The van der Waals surface area contributed by atoms with E-state index in [-0.39, 0.29) is 35.6 Å². The zero-order valence-electron chi connectivity index (χ0n) is 36.4. The molecule has 0 N–H and O–H groups in total. The van der Waals surface area contributed by atoms with Crippen molar-refractivity contribution >= 4 is 46.3 Å². The zero-order valence-corrected chi connectivity index (χ0v) is 41.5.